The van der Waals surface area contributed by atoms with Gasteiger partial charge in [-0.05, 0) is 12.1 Å². The van der Waals surface area contributed by atoms with E-state index in [-0.39, 0.29) is 12.5 Å². The van der Waals surface area contributed by atoms with E-state index in [1.807, 2.05) is 0 Å². The molecule has 4 nitrogen and oxygen atoms in total. The molecular formula is C11H9Cl2N3O. The summed E-state index contributed by atoms with van der Waals surface area (Å²) in [5.41, 5.74) is 0.660. The van der Waals surface area contributed by atoms with E-state index in [9.17, 15) is 4.79 Å². The Hall–Kier alpha value is -1.26. The van der Waals surface area contributed by atoms with Crippen molar-refractivity contribution < 1.29 is 4.79 Å². The summed E-state index contributed by atoms with van der Waals surface area (Å²) < 4.78 is 0. The number of guanidine groups is 1. The van der Waals surface area contributed by atoms with Crippen molar-refractivity contribution in [3.05, 3.63) is 28.2 Å². The maximum Gasteiger partial charge on any atom is 0.249 e. The molecule has 3 rings (SSSR count). The number of fused-ring (bicyclic) bond motifs is 1. The molecule has 0 saturated carbocycles. The van der Waals surface area contributed by atoms with Crippen molar-refractivity contribution in [3.8, 4) is 0 Å². The molecule has 1 aromatic carbocycles. The second-order valence-electron chi connectivity index (χ2n) is 3.88. The highest BCUT2D eigenvalue weighted by Gasteiger charge is 2.38. The third-order valence-electron chi connectivity index (χ3n) is 2.86. The highest BCUT2D eigenvalue weighted by molar-refractivity contribution is 6.40. The molecule has 0 bridgehead atoms. The van der Waals surface area contributed by atoms with Crippen molar-refractivity contribution in [1.82, 2.24) is 4.90 Å². The molecule has 2 aliphatic heterocycles. The average Bonchev–Trinajstić information content (AvgIpc) is 2.84. The Morgan fingerprint density at radius 3 is 2.59 bits per heavy atom. The summed E-state index contributed by atoms with van der Waals surface area (Å²) in [6, 6.07) is 5.29. The minimum absolute atomic E-state index is 0.0391. The molecule has 0 N–H and O–H groups in total. The first-order valence-corrected chi connectivity index (χ1v) is 6.00. The van der Waals surface area contributed by atoms with Gasteiger partial charge in [-0.3, -0.25) is 19.6 Å². The SMILES string of the molecule is O=C1CN(c2c(Cl)cccc2Cl)C2=NCCN12. The highest BCUT2D eigenvalue weighted by Crippen LogP contribution is 2.36. The minimum atomic E-state index is 0.0391. The zero-order valence-corrected chi connectivity index (χ0v) is 10.4. The largest absolute Gasteiger partial charge is 0.300 e. The molecule has 1 aromatic rings. The van der Waals surface area contributed by atoms with Gasteiger partial charge in [-0.2, -0.15) is 0 Å². The monoisotopic (exact) mass is 269 g/mol. The summed E-state index contributed by atoms with van der Waals surface area (Å²) in [6.45, 7) is 1.54. The molecule has 0 aliphatic carbocycles. The van der Waals surface area contributed by atoms with Crippen LogP contribution >= 0.6 is 23.2 Å². The second kappa shape index (κ2) is 3.89. The van der Waals surface area contributed by atoms with E-state index in [0.717, 1.165) is 0 Å². The number of benzene rings is 1. The fourth-order valence-electron chi connectivity index (χ4n) is 2.12. The predicted molar refractivity (Wildman–Crippen MR) is 67.8 cm³/mol. The lowest BCUT2D eigenvalue weighted by atomic mass is 10.3. The lowest BCUT2D eigenvalue weighted by Crippen LogP contribution is -2.31. The maximum absolute atomic E-state index is 11.8. The van der Waals surface area contributed by atoms with Gasteiger partial charge in [0.15, 0.2) is 0 Å². The van der Waals surface area contributed by atoms with Gasteiger partial charge in [0.2, 0.25) is 11.9 Å². The number of anilines is 1. The zero-order valence-electron chi connectivity index (χ0n) is 8.86. The van der Waals surface area contributed by atoms with Crippen LogP contribution in [0.2, 0.25) is 10.0 Å². The molecule has 2 aliphatic rings. The summed E-state index contributed by atoms with van der Waals surface area (Å²) in [5, 5.41) is 1.06. The Morgan fingerprint density at radius 1 is 1.18 bits per heavy atom. The van der Waals surface area contributed by atoms with Crippen LogP contribution in [-0.2, 0) is 4.79 Å². The van der Waals surface area contributed by atoms with Gasteiger partial charge in [0.05, 0.1) is 22.3 Å². The fourth-order valence-corrected chi connectivity index (χ4v) is 2.72. The lowest BCUT2D eigenvalue weighted by Gasteiger charge is -2.19. The molecule has 0 spiro atoms. The Morgan fingerprint density at radius 2 is 1.88 bits per heavy atom. The Labute approximate surface area is 108 Å². The number of halogens is 2. The number of hydrogen-bond acceptors (Lipinski definition) is 3. The summed E-state index contributed by atoms with van der Waals surface area (Å²) in [5.74, 6) is 0.697. The van der Waals surface area contributed by atoms with Crippen molar-refractivity contribution in [2.24, 2.45) is 4.99 Å². The molecule has 0 unspecified atom stereocenters. The highest BCUT2D eigenvalue weighted by atomic mass is 35.5. The Balaban J connectivity index is 2.08. The number of nitrogens with zero attached hydrogens (tertiary/aromatic N) is 3. The maximum atomic E-state index is 11.8. The van der Waals surface area contributed by atoms with Crippen LogP contribution in [0.15, 0.2) is 23.2 Å². The smallest absolute Gasteiger partial charge is 0.249 e. The summed E-state index contributed by atoms with van der Waals surface area (Å²) >= 11 is 12.3. The van der Waals surface area contributed by atoms with Gasteiger partial charge in [0.1, 0.15) is 6.54 Å². The van der Waals surface area contributed by atoms with Crippen LogP contribution in [0.5, 0.6) is 0 Å². The van der Waals surface area contributed by atoms with Gasteiger partial charge >= 0.3 is 0 Å². The van der Waals surface area contributed by atoms with Crippen LogP contribution < -0.4 is 4.90 Å². The van der Waals surface area contributed by atoms with E-state index in [0.29, 0.717) is 34.8 Å². The van der Waals surface area contributed by atoms with Gasteiger partial charge in [-0.1, -0.05) is 29.3 Å². The molecule has 0 radical (unpaired) electrons. The lowest BCUT2D eigenvalue weighted by molar-refractivity contribution is -0.124. The standard InChI is InChI=1S/C11H9Cl2N3O/c12-7-2-1-3-8(13)10(7)16-6-9(17)15-5-4-14-11(15)16/h1-3H,4-6H2. The first-order chi connectivity index (χ1) is 8.18. The summed E-state index contributed by atoms with van der Waals surface area (Å²) in [6.07, 6.45) is 0. The van der Waals surface area contributed by atoms with Crippen LogP contribution in [0, 0.1) is 0 Å². The van der Waals surface area contributed by atoms with Gasteiger partial charge in [-0.25, -0.2) is 0 Å². The number of rotatable bonds is 1. The topological polar surface area (TPSA) is 35.9 Å². The van der Waals surface area contributed by atoms with Crippen molar-refractivity contribution in [2.75, 3.05) is 24.5 Å². The van der Waals surface area contributed by atoms with E-state index >= 15 is 0 Å². The molecule has 1 amide bonds. The quantitative estimate of drug-likeness (QED) is 0.782. The first-order valence-electron chi connectivity index (χ1n) is 5.25. The van der Waals surface area contributed by atoms with Crippen LogP contribution in [0.4, 0.5) is 5.69 Å². The predicted octanol–water partition coefficient (Wildman–Crippen LogP) is 2.01. The average molecular weight is 270 g/mol. The number of carbonyl (C=O) groups excluding carboxylic acids is 1. The Kier molecular flexibility index (Phi) is 2.49. The number of hydrogen-bond donors (Lipinski definition) is 0. The molecule has 6 heteroatoms. The van der Waals surface area contributed by atoms with Gasteiger partial charge in [0.25, 0.3) is 0 Å². The fraction of sp³-hybridized carbons (Fsp3) is 0.273. The molecule has 2 heterocycles. The molecular weight excluding hydrogens is 261 g/mol. The molecule has 0 atom stereocenters. The van der Waals surface area contributed by atoms with Gasteiger partial charge in [0, 0.05) is 6.54 Å². The van der Waals surface area contributed by atoms with Crippen molar-refractivity contribution in [3.63, 3.8) is 0 Å². The summed E-state index contributed by atoms with van der Waals surface area (Å²) in [4.78, 5) is 19.5. The Bertz CT molecular complexity index is 509. The number of para-hydroxylation sites is 1. The van der Waals surface area contributed by atoms with E-state index < -0.39 is 0 Å². The molecule has 0 aromatic heterocycles. The minimum Gasteiger partial charge on any atom is -0.300 e. The molecule has 88 valence electrons. The van der Waals surface area contributed by atoms with E-state index in [4.69, 9.17) is 23.2 Å². The van der Waals surface area contributed by atoms with Crippen LogP contribution in [0.25, 0.3) is 0 Å². The van der Waals surface area contributed by atoms with Gasteiger partial charge < -0.3 is 0 Å². The van der Waals surface area contributed by atoms with Crippen LogP contribution in [0.1, 0.15) is 0 Å². The number of carbonyl (C=O) groups is 1. The zero-order chi connectivity index (χ0) is 12.0. The van der Waals surface area contributed by atoms with Gasteiger partial charge in [-0.15, -0.1) is 0 Å². The first kappa shape index (κ1) is 10.9. The van der Waals surface area contributed by atoms with E-state index in [1.54, 1.807) is 28.0 Å². The molecule has 1 fully saturated rings. The van der Waals surface area contributed by atoms with Crippen molar-refractivity contribution >= 4 is 40.8 Å². The molecule has 1 saturated heterocycles. The van der Waals surface area contributed by atoms with Crippen molar-refractivity contribution in [1.29, 1.82) is 0 Å². The normalized spacial score (nSPS) is 18.7. The van der Waals surface area contributed by atoms with E-state index in [1.165, 1.54) is 0 Å². The second-order valence-corrected chi connectivity index (χ2v) is 4.70. The number of aliphatic imine (C=N–C) groups is 1. The van der Waals surface area contributed by atoms with Crippen LogP contribution in [-0.4, -0.2) is 36.4 Å². The van der Waals surface area contributed by atoms with E-state index in [2.05, 4.69) is 4.99 Å². The molecule has 17 heavy (non-hydrogen) atoms. The summed E-state index contributed by atoms with van der Waals surface area (Å²) in [7, 11) is 0. The van der Waals surface area contributed by atoms with Crippen molar-refractivity contribution in [2.45, 2.75) is 0 Å². The third kappa shape index (κ3) is 1.59. The number of amides is 1. The van der Waals surface area contributed by atoms with Crippen LogP contribution in [0.3, 0.4) is 0 Å². The third-order valence-corrected chi connectivity index (χ3v) is 3.47.